The average Bonchev–Trinajstić information content (AvgIpc) is 2.91. The fourth-order valence-corrected chi connectivity index (χ4v) is 5.33. The summed E-state index contributed by atoms with van der Waals surface area (Å²) in [5, 5.41) is 0. The summed E-state index contributed by atoms with van der Waals surface area (Å²) in [5.41, 5.74) is 9.40. The Balaban J connectivity index is 1.55. The molecule has 0 saturated heterocycles. The molecule has 3 aromatic carbocycles. The molecule has 2 heterocycles. The van der Waals surface area contributed by atoms with Crippen LogP contribution in [0.2, 0.25) is 0 Å². The van der Waals surface area contributed by atoms with E-state index in [1.807, 2.05) is 74.5 Å². The number of hydrogen-bond acceptors (Lipinski definition) is 4. The van der Waals surface area contributed by atoms with Gasteiger partial charge in [-0.25, -0.2) is 4.98 Å². The van der Waals surface area contributed by atoms with Gasteiger partial charge in [0.2, 0.25) is 5.95 Å². The fourth-order valence-electron chi connectivity index (χ4n) is 5.33. The Morgan fingerprint density at radius 3 is 1.97 bits per heavy atom. The Hall–Kier alpha value is -3.91. The zero-order valence-corrected chi connectivity index (χ0v) is 21.2. The predicted octanol–water partition coefficient (Wildman–Crippen LogP) is 6.16. The van der Waals surface area contributed by atoms with Crippen LogP contribution in [-0.2, 0) is 12.7 Å². The van der Waals surface area contributed by atoms with Gasteiger partial charge in [-0.05, 0) is 35.7 Å². The third-order valence-electron chi connectivity index (χ3n) is 7.36. The molecular formula is C30H29F3N4O. The van der Waals surface area contributed by atoms with Gasteiger partial charge in [0.25, 0.3) is 5.56 Å². The summed E-state index contributed by atoms with van der Waals surface area (Å²) < 4.78 is 40.7. The molecule has 0 radical (unpaired) electrons. The molecule has 4 aromatic rings. The number of rotatable bonds is 5. The summed E-state index contributed by atoms with van der Waals surface area (Å²) in [6.45, 7) is 4.86. The first-order chi connectivity index (χ1) is 18.1. The van der Waals surface area contributed by atoms with Crippen LogP contribution in [0, 0.1) is 0 Å². The first-order valence-corrected chi connectivity index (χ1v) is 12.6. The lowest BCUT2D eigenvalue weighted by Gasteiger charge is -2.37. The first-order valence-electron chi connectivity index (χ1n) is 12.6. The van der Waals surface area contributed by atoms with Crippen LogP contribution >= 0.6 is 0 Å². The molecule has 5 nitrogen and oxygen atoms in total. The summed E-state index contributed by atoms with van der Waals surface area (Å²) in [6.07, 6.45) is -4.38. The summed E-state index contributed by atoms with van der Waals surface area (Å²) >= 11 is 0. The van der Waals surface area contributed by atoms with Crippen molar-refractivity contribution >= 4 is 5.95 Å². The van der Waals surface area contributed by atoms with Gasteiger partial charge in [0.05, 0.1) is 22.9 Å². The van der Waals surface area contributed by atoms with E-state index in [4.69, 9.17) is 10.7 Å². The minimum atomic E-state index is -4.38. The number of nitrogens with two attached hydrogens (primary N) is 1. The standard InChI is InChI=1S/C30H29F3N4O/c1-19-17-36(20(2)21-13-15-24(16-14-21)30(31,32)33)18-25-26(19)35-29(34)37(28(25)38)27(22-9-5-3-6-10-22)23-11-7-4-8-12-23/h3-16,19-20,27H,17-18H2,1-2H3,(H2,34,35). The molecule has 1 aromatic heterocycles. The highest BCUT2D eigenvalue weighted by atomic mass is 19.4. The molecule has 1 aliphatic heterocycles. The Morgan fingerprint density at radius 1 is 0.895 bits per heavy atom. The van der Waals surface area contributed by atoms with Gasteiger partial charge < -0.3 is 5.73 Å². The zero-order valence-electron chi connectivity index (χ0n) is 21.2. The number of aromatic nitrogens is 2. The summed E-state index contributed by atoms with van der Waals surface area (Å²) in [6, 6.07) is 24.0. The summed E-state index contributed by atoms with van der Waals surface area (Å²) in [4.78, 5) is 21.0. The molecule has 0 amide bonds. The summed E-state index contributed by atoms with van der Waals surface area (Å²) in [5.74, 6) is 0.0785. The second-order valence-corrected chi connectivity index (χ2v) is 9.86. The number of nitrogen functional groups attached to an aromatic ring is 1. The van der Waals surface area contributed by atoms with Crippen LogP contribution < -0.4 is 11.3 Å². The minimum absolute atomic E-state index is 0.0767. The topological polar surface area (TPSA) is 64.2 Å². The molecule has 0 aliphatic carbocycles. The van der Waals surface area contributed by atoms with Crippen LogP contribution in [0.5, 0.6) is 0 Å². The second kappa shape index (κ2) is 10.1. The monoisotopic (exact) mass is 518 g/mol. The molecule has 0 spiro atoms. The van der Waals surface area contributed by atoms with Crippen molar-refractivity contribution < 1.29 is 13.2 Å². The molecule has 0 saturated carbocycles. The van der Waals surface area contributed by atoms with Gasteiger partial charge in [-0.1, -0.05) is 79.7 Å². The molecule has 196 valence electrons. The van der Waals surface area contributed by atoms with Gasteiger partial charge in [-0.15, -0.1) is 0 Å². The van der Waals surface area contributed by atoms with Crippen molar-refractivity contribution in [3.63, 3.8) is 0 Å². The summed E-state index contributed by atoms with van der Waals surface area (Å²) in [7, 11) is 0. The number of nitrogens with zero attached hydrogens (tertiary/aromatic N) is 3. The van der Waals surface area contributed by atoms with Crippen molar-refractivity contribution in [1.82, 2.24) is 14.5 Å². The van der Waals surface area contributed by atoms with Gasteiger partial charge >= 0.3 is 6.18 Å². The Morgan fingerprint density at radius 2 is 1.45 bits per heavy atom. The maximum atomic E-state index is 14.1. The number of anilines is 1. The Labute approximate surface area is 219 Å². The van der Waals surface area contributed by atoms with Crippen molar-refractivity contribution in [2.24, 2.45) is 0 Å². The van der Waals surface area contributed by atoms with Crippen molar-refractivity contribution in [3.8, 4) is 0 Å². The van der Waals surface area contributed by atoms with Crippen molar-refractivity contribution in [1.29, 1.82) is 0 Å². The van der Waals surface area contributed by atoms with Crippen molar-refractivity contribution in [2.75, 3.05) is 12.3 Å². The molecule has 0 bridgehead atoms. The predicted molar refractivity (Wildman–Crippen MR) is 142 cm³/mol. The van der Waals surface area contributed by atoms with Crippen LogP contribution in [0.25, 0.3) is 0 Å². The molecule has 1 aliphatic rings. The highest BCUT2D eigenvalue weighted by molar-refractivity contribution is 5.40. The van der Waals surface area contributed by atoms with Crippen LogP contribution in [0.4, 0.5) is 19.1 Å². The van der Waals surface area contributed by atoms with Crippen LogP contribution in [-0.4, -0.2) is 21.0 Å². The van der Waals surface area contributed by atoms with Crippen molar-refractivity contribution in [3.05, 3.63) is 129 Å². The number of benzene rings is 3. The highest BCUT2D eigenvalue weighted by Crippen LogP contribution is 2.35. The number of halogens is 3. The fraction of sp³-hybridized carbons (Fsp3) is 0.267. The molecule has 38 heavy (non-hydrogen) atoms. The third-order valence-corrected chi connectivity index (χ3v) is 7.36. The Kier molecular flexibility index (Phi) is 6.84. The highest BCUT2D eigenvalue weighted by Gasteiger charge is 2.34. The zero-order chi connectivity index (χ0) is 27.0. The molecular weight excluding hydrogens is 489 g/mol. The molecule has 2 unspecified atom stereocenters. The van der Waals surface area contributed by atoms with Gasteiger partial charge in [0.1, 0.15) is 0 Å². The molecule has 0 fully saturated rings. The lowest BCUT2D eigenvalue weighted by Crippen LogP contribution is -2.42. The molecule has 2 atom stereocenters. The minimum Gasteiger partial charge on any atom is -0.369 e. The van der Waals surface area contributed by atoms with E-state index in [2.05, 4.69) is 4.90 Å². The van der Waals surface area contributed by atoms with E-state index >= 15 is 0 Å². The smallest absolute Gasteiger partial charge is 0.369 e. The molecule has 2 N–H and O–H groups in total. The van der Waals surface area contributed by atoms with Gasteiger partial charge in [-0.2, -0.15) is 13.2 Å². The van der Waals surface area contributed by atoms with E-state index in [1.165, 1.54) is 12.1 Å². The van der Waals surface area contributed by atoms with E-state index in [1.54, 1.807) is 4.57 Å². The van der Waals surface area contributed by atoms with E-state index in [0.29, 0.717) is 24.3 Å². The largest absolute Gasteiger partial charge is 0.416 e. The van der Waals surface area contributed by atoms with Crippen LogP contribution in [0.3, 0.4) is 0 Å². The lowest BCUT2D eigenvalue weighted by molar-refractivity contribution is -0.137. The maximum absolute atomic E-state index is 14.1. The SMILES string of the molecule is CC1CN(C(C)c2ccc(C(F)(F)F)cc2)Cc2c1nc(N)n(C(c1ccccc1)c1ccccc1)c2=O. The van der Waals surface area contributed by atoms with Crippen LogP contribution in [0.15, 0.2) is 89.7 Å². The van der Waals surface area contributed by atoms with Crippen molar-refractivity contribution in [2.45, 2.75) is 44.6 Å². The number of fused-ring (bicyclic) bond motifs is 1. The van der Waals surface area contributed by atoms with Gasteiger partial charge in [-0.3, -0.25) is 14.3 Å². The van der Waals surface area contributed by atoms with E-state index in [0.717, 1.165) is 28.8 Å². The first kappa shape index (κ1) is 25.7. The van der Waals surface area contributed by atoms with E-state index < -0.39 is 17.8 Å². The lowest BCUT2D eigenvalue weighted by atomic mass is 9.93. The number of alkyl halides is 3. The second-order valence-electron chi connectivity index (χ2n) is 9.86. The maximum Gasteiger partial charge on any atom is 0.416 e. The van der Waals surface area contributed by atoms with E-state index in [-0.39, 0.29) is 23.5 Å². The molecule has 5 rings (SSSR count). The molecule has 8 heteroatoms. The van der Waals surface area contributed by atoms with E-state index in [9.17, 15) is 18.0 Å². The number of hydrogen-bond donors (Lipinski definition) is 1. The van der Waals surface area contributed by atoms with Crippen LogP contribution in [0.1, 0.15) is 65.4 Å². The van der Waals surface area contributed by atoms with Gasteiger partial charge in [0, 0.05) is 25.0 Å². The van der Waals surface area contributed by atoms with Gasteiger partial charge in [0.15, 0.2) is 0 Å². The quantitative estimate of drug-likeness (QED) is 0.344. The Bertz CT molecular complexity index is 1430. The third kappa shape index (κ3) is 4.84. The average molecular weight is 519 g/mol. The normalized spacial score (nSPS) is 16.8.